The van der Waals surface area contributed by atoms with Gasteiger partial charge in [0.1, 0.15) is 5.82 Å². The number of aryl methyl sites for hydroxylation is 2. The van der Waals surface area contributed by atoms with Gasteiger partial charge in [0, 0.05) is 35.1 Å². The summed E-state index contributed by atoms with van der Waals surface area (Å²) in [5, 5.41) is 14.2. The Morgan fingerprint density at radius 2 is 1.83 bits per heavy atom. The standard InChI is InChI=1S/C29H31N9O2S/c1-4-5-10-26-24(28(39)38(19(2)33-26)29-31-17-21(18-32-29)40-13-14-41-3)15-20-11-12-25(30-16-20)22-8-6-7-9-23(22)27-34-36-37-35-27/h6-9,11-12,16-18H,4-5,10,13-15H2,1-3H3,(H,34,35,36,37). The van der Waals surface area contributed by atoms with Crippen molar-refractivity contribution in [2.75, 3.05) is 18.6 Å². The van der Waals surface area contributed by atoms with Crippen molar-refractivity contribution < 1.29 is 4.74 Å². The molecule has 5 aromatic rings. The third kappa shape index (κ3) is 6.49. The predicted molar refractivity (Wildman–Crippen MR) is 158 cm³/mol. The molecule has 0 unspecified atom stereocenters. The molecule has 4 heterocycles. The molecule has 0 atom stereocenters. The first-order valence-corrected chi connectivity index (χ1v) is 14.8. The number of aromatic nitrogens is 9. The number of rotatable bonds is 12. The van der Waals surface area contributed by atoms with E-state index in [1.54, 1.807) is 30.4 Å². The van der Waals surface area contributed by atoms with Crippen LogP contribution in [0.1, 0.15) is 42.4 Å². The Hall–Kier alpha value is -4.45. The highest BCUT2D eigenvalue weighted by atomic mass is 32.2. The molecule has 0 saturated carbocycles. The monoisotopic (exact) mass is 569 g/mol. The van der Waals surface area contributed by atoms with E-state index in [2.05, 4.69) is 37.5 Å². The minimum Gasteiger partial charge on any atom is -0.489 e. The second-order valence-corrected chi connectivity index (χ2v) is 10.4. The second-order valence-electron chi connectivity index (χ2n) is 9.41. The van der Waals surface area contributed by atoms with Gasteiger partial charge in [-0.05, 0) is 48.1 Å². The maximum absolute atomic E-state index is 13.9. The molecule has 0 spiro atoms. The van der Waals surface area contributed by atoms with Crippen LogP contribution in [0.5, 0.6) is 5.75 Å². The van der Waals surface area contributed by atoms with Crippen molar-refractivity contribution in [3.8, 4) is 34.3 Å². The first kappa shape index (κ1) is 28.1. The average Bonchev–Trinajstić information content (AvgIpc) is 3.54. The number of hydrogen-bond donors (Lipinski definition) is 1. The number of pyridine rings is 1. The zero-order valence-corrected chi connectivity index (χ0v) is 24.1. The van der Waals surface area contributed by atoms with Crippen LogP contribution in [-0.2, 0) is 12.8 Å². The predicted octanol–water partition coefficient (Wildman–Crippen LogP) is 4.25. The SMILES string of the molecule is CCCCc1nc(C)n(-c2ncc(OCCSC)cn2)c(=O)c1Cc1ccc(-c2ccccc2-c2nnn[nH]2)nc1. The molecule has 0 saturated heterocycles. The Morgan fingerprint density at radius 3 is 2.51 bits per heavy atom. The number of nitrogens with one attached hydrogen (secondary N) is 1. The van der Waals surface area contributed by atoms with Crippen LogP contribution < -0.4 is 10.3 Å². The molecule has 11 nitrogen and oxygen atoms in total. The topological polar surface area (TPSA) is 137 Å². The summed E-state index contributed by atoms with van der Waals surface area (Å²) < 4.78 is 7.14. The highest BCUT2D eigenvalue weighted by Gasteiger charge is 2.18. The summed E-state index contributed by atoms with van der Waals surface area (Å²) in [6.07, 6.45) is 10.1. The number of unbranched alkanes of at least 4 members (excludes halogenated alkanes) is 1. The van der Waals surface area contributed by atoms with Crippen molar-refractivity contribution in [3.05, 3.63) is 88.0 Å². The zero-order valence-electron chi connectivity index (χ0n) is 23.2. The molecule has 0 fully saturated rings. The van der Waals surface area contributed by atoms with Gasteiger partial charge in [-0.25, -0.2) is 24.6 Å². The van der Waals surface area contributed by atoms with Crippen molar-refractivity contribution in [2.45, 2.75) is 39.5 Å². The molecule has 0 bridgehead atoms. The Bertz CT molecular complexity index is 1640. The molecule has 0 aliphatic heterocycles. The van der Waals surface area contributed by atoms with Gasteiger partial charge in [0.25, 0.3) is 5.56 Å². The molecule has 0 aliphatic rings. The molecule has 1 aromatic carbocycles. The average molecular weight is 570 g/mol. The molecule has 41 heavy (non-hydrogen) atoms. The van der Waals surface area contributed by atoms with Crippen LogP contribution in [0.2, 0.25) is 0 Å². The van der Waals surface area contributed by atoms with Gasteiger partial charge in [0.15, 0.2) is 11.6 Å². The summed E-state index contributed by atoms with van der Waals surface area (Å²) in [4.78, 5) is 32.3. The quantitative estimate of drug-likeness (QED) is 0.217. The van der Waals surface area contributed by atoms with Crippen LogP contribution in [0.3, 0.4) is 0 Å². The van der Waals surface area contributed by atoms with E-state index in [1.165, 1.54) is 4.57 Å². The largest absolute Gasteiger partial charge is 0.489 e. The normalized spacial score (nSPS) is 11.1. The molecule has 0 amide bonds. The Morgan fingerprint density at radius 1 is 1.02 bits per heavy atom. The van der Waals surface area contributed by atoms with Crippen molar-refractivity contribution in [3.63, 3.8) is 0 Å². The minimum atomic E-state index is -0.174. The number of thioether (sulfide) groups is 1. The molecule has 0 radical (unpaired) electrons. The Balaban J connectivity index is 1.46. The van der Waals surface area contributed by atoms with Gasteiger partial charge in [0.2, 0.25) is 5.95 Å². The van der Waals surface area contributed by atoms with E-state index in [4.69, 9.17) is 14.7 Å². The lowest BCUT2D eigenvalue weighted by Gasteiger charge is -2.15. The fourth-order valence-electron chi connectivity index (χ4n) is 4.50. The molecule has 5 rings (SSSR count). The molecule has 0 aliphatic carbocycles. The van der Waals surface area contributed by atoms with Gasteiger partial charge in [0.05, 0.1) is 30.4 Å². The molecule has 12 heteroatoms. The summed E-state index contributed by atoms with van der Waals surface area (Å²) in [5.74, 6) is 2.82. The van der Waals surface area contributed by atoms with Gasteiger partial charge in [-0.15, -0.1) is 5.10 Å². The van der Waals surface area contributed by atoms with E-state index in [1.807, 2.05) is 49.6 Å². The third-order valence-corrected chi connectivity index (χ3v) is 7.15. The highest BCUT2D eigenvalue weighted by molar-refractivity contribution is 7.98. The lowest BCUT2D eigenvalue weighted by Crippen LogP contribution is -2.29. The summed E-state index contributed by atoms with van der Waals surface area (Å²) in [6.45, 7) is 4.50. The van der Waals surface area contributed by atoms with E-state index in [0.717, 1.165) is 53.1 Å². The van der Waals surface area contributed by atoms with Crippen LogP contribution >= 0.6 is 11.8 Å². The second kappa shape index (κ2) is 13.3. The van der Waals surface area contributed by atoms with Crippen LogP contribution in [0.15, 0.2) is 59.8 Å². The van der Waals surface area contributed by atoms with Gasteiger partial charge in [-0.3, -0.25) is 9.78 Å². The van der Waals surface area contributed by atoms with Crippen molar-refractivity contribution >= 4 is 11.8 Å². The number of tetrazole rings is 1. The van der Waals surface area contributed by atoms with E-state index in [0.29, 0.717) is 36.0 Å². The van der Waals surface area contributed by atoms with E-state index in [9.17, 15) is 4.79 Å². The number of ether oxygens (including phenoxy) is 1. The minimum absolute atomic E-state index is 0.174. The Kier molecular flexibility index (Phi) is 9.09. The summed E-state index contributed by atoms with van der Waals surface area (Å²) in [6, 6.07) is 11.7. The van der Waals surface area contributed by atoms with Gasteiger partial charge in [-0.2, -0.15) is 11.8 Å². The number of nitrogens with zero attached hydrogens (tertiary/aromatic N) is 8. The molecule has 4 aromatic heterocycles. The fourth-order valence-corrected chi connectivity index (χ4v) is 4.75. The molecule has 210 valence electrons. The van der Waals surface area contributed by atoms with Gasteiger partial charge in [-0.1, -0.05) is 43.7 Å². The molecule has 1 N–H and O–H groups in total. The molecular weight excluding hydrogens is 538 g/mol. The van der Waals surface area contributed by atoms with E-state index >= 15 is 0 Å². The van der Waals surface area contributed by atoms with E-state index in [-0.39, 0.29) is 11.5 Å². The number of benzene rings is 1. The van der Waals surface area contributed by atoms with Crippen molar-refractivity contribution in [2.24, 2.45) is 0 Å². The number of H-pyrrole nitrogens is 1. The van der Waals surface area contributed by atoms with Crippen LogP contribution in [0.4, 0.5) is 0 Å². The van der Waals surface area contributed by atoms with Crippen molar-refractivity contribution in [1.82, 2.24) is 45.1 Å². The maximum atomic E-state index is 13.9. The fraction of sp³-hybridized carbons (Fsp3) is 0.310. The Labute approximate surface area is 241 Å². The van der Waals surface area contributed by atoms with Crippen LogP contribution in [0.25, 0.3) is 28.6 Å². The lowest BCUT2D eigenvalue weighted by atomic mass is 10.0. The zero-order chi connectivity index (χ0) is 28.6. The highest BCUT2D eigenvalue weighted by Crippen LogP contribution is 2.28. The maximum Gasteiger partial charge on any atom is 0.264 e. The lowest BCUT2D eigenvalue weighted by molar-refractivity contribution is 0.341. The van der Waals surface area contributed by atoms with Gasteiger partial charge >= 0.3 is 0 Å². The first-order chi connectivity index (χ1) is 20.1. The number of hydrogen-bond acceptors (Lipinski definition) is 10. The van der Waals surface area contributed by atoms with Crippen LogP contribution in [-0.4, -0.2) is 63.7 Å². The summed E-state index contributed by atoms with van der Waals surface area (Å²) in [5.41, 5.74) is 4.68. The first-order valence-electron chi connectivity index (χ1n) is 13.4. The summed E-state index contributed by atoms with van der Waals surface area (Å²) in [7, 11) is 0. The van der Waals surface area contributed by atoms with Gasteiger partial charge < -0.3 is 4.74 Å². The van der Waals surface area contributed by atoms with E-state index < -0.39 is 0 Å². The third-order valence-electron chi connectivity index (χ3n) is 6.58. The molecular formula is C29H31N9O2S. The summed E-state index contributed by atoms with van der Waals surface area (Å²) >= 11 is 1.70. The van der Waals surface area contributed by atoms with Crippen LogP contribution in [0, 0.1) is 6.92 Å². The van der Waals surface area contributed by atoms with Crippen molar-refractivity contribution in [1.29, 1.82) is 0 Å². The number of aromatic amines is 1. The smallest absolute Gasteiger partial charge is 0.264 e.